The molecule has 28 heavy (non-hydrogen) atoms. The van der Waals surface area contributed by atoms with E-state index in [1.807, 2.05) is 12.3 Å². The van der Waals surface area contributed by atoms with Gasteiger partial charge in [0.1, 0.15) is 0 Å². The molecule has 0 saturated heterocycles. The Balaban J connectivity index is 1.62. The minimum Gasteiger partial charge on any atom is -0.294 e. The van der Waals surface area contributed by atoms with Crippen LogP contribution in [0.3, 0.4) is 0 Å². The van der Waals surface area contributed by atoms with Crippen LogP contribution in [0.2, 0.25) is 0 Å². The molecular weight excluding hydrogens is 352 g/mol. The van der Waals surface area contributed by atoms with Crippen molar-refractivity contribution in [1.82, 2.24) is 29.3 Å². The van der Waals surface area contributed by atoms with Crippen molar-refractivity contribution in [3.63, 3.8) is 0 Å². The van der Waals surface area contributed by atoms with Crippen molar-refractivity contribution in [3.05, 3.63) is 50.8 Å². The van der Waals surface area contributed by atoms with E-state index in [2.05, 4.69) is 54.4 Å². The summed E-state index contributed by atoms with van der Waals surface area (Å²) in [4.78, 5) is 20.2. The van der Waals surface area contributed by atoms with Crippen LogP contribution in [0.1, 0.15) is 62.3 Å². The molecule has 1 aliphatic rings. The highest BCUT2D eigenvalue weighted by molar-refractivity contribution is 5.43. The molecule has 4 rings (SSSR count). The first kappa shape index (κ1) is 18.9. The minimum absolute atomic E-state index is 0.0265. The smallest absolute Gasteiger partial charge is 0.277 e. The zero-order valence-corrected chi connectivity index (χ0v) is 17.5. The lowest BCUT2D eigenvalue weighted by Crippen LogP contribution is -2.36. The lowest BCUT2D eigenvalue weighted by molar-refractivity contribution is 0.241. The van der Waals surface area contributed by atoms with E-state index in [9.17, 15) is 4.79 Å². The van der Waals surface area contributed by atoms with Crippen molar-refractivity contribution in [2.24, 2.45) is 0 Å². The number of hydrogen-bond acceptors (Lipinski definition) is 4. The van der Waals surface area contributed by atoms with Gasteiger partial charge >= 0.3 is 0 Å². The summed E-state index contributed by atoms with van der Waals surface area (Å²) < 4.78 is 3.67. The summed E-state index contributed by atoms with van der Waals surface area (Å²) in [5.41, 5.74) is 5.93. The molecule has 0 bridgehead atoms. The zero-order valence-electron chi connectivity index (χ0n) is 17.5. The van der Waals surface area contributed by atoms with E-state index in [0.717, 1.165) is 55.1 Å². The number of aromatic amines is 1. The van der Waals surface area contributed by atoms with Crippen LogP contribution in [0.4, 0.5) is 0 Å². The van der Waals surface area contributed by atoms with E-state index in [1.54, 1.807) is 4.52 Å². The van der Waals surface area contributed by atoms with Gasteiger partial charge in [0, 0.05) is 61.0 Å². The third-order valence-corrected chi connectivity index (χ3v) is 5.68. The molecule has 0 unspecified atom stereocenters. The molecule has 0 aromatic carbocycles. The number of hydrogen-bond donors (Lipinski definition) is 1. The van der Waals surface area contributed by atoms with Gasteiger partial charge in [-0.15, -0.1) is 0 Å². The molecule has 0 aliphatic carbocycles. The highest BCUT2D eigenvalue weighted by Gasteiger charge is 2.25. The standard InChI is InChI=1S/C21H30N6O/c1-6-8-26-14(2)15(11-22-26)12-25-9-7-17-16(13-25)20(28)27-19(23-17)10-18(24-27)21(3,4)5/h10-11,24H,6-9,12-13H2,1-5H3. The van der Waals surface area contributed by atoms with Gasteiger partial charge in [-0.3, -0.25) is 19.5 Å². The topological polar surface area (TPSA) is 71.2 Å². The summed E-state index contributed by atoms with van der Waals surface area (Å²) in [5.74, 6) is 0. The number of fused-ring (bicyclic) bond motifs is 2. The second-order valence-electron chi connectivity index (χ2n) is 8.89. The van der Waals surface area contributed by atoms with Crippen molar-refractivity contribution in [2.45, 2.75) is 72.5 Å². The van der Waals surface area contributed by atoms with E-state index in [0.29, 0.717) is 6.54 Å². The average molecular weight is 383 g/mol. The SMILES string of the molecule is CCCn1ncc(CN2CCc3nc4cc(C(C)(C)C)[nH]n4c(=O)c3C2)c1C. The molecule has 0 amide bonds. The molecular formula is C21H30N6O. The van der Waals surface area contributed by atoms with Gasteiger partial charge < -0.3 is 0 Å². The Kier molecular flexibility index (Phi) is 4.65. The van der Waals surface area contributed by atoms with Crippen LogP contribution in [0.25, 0.3) is 5.65 Å². The van der Waals surface area contributed by atoms with Crippen LogP contribution in [-0.4, -0.2) is 35.8 Å². The van der Waals surface area contributed by atoms with Crippen molar-refractivity contribution in [1.29, 1.82) is 0 Å². The molecule has 1 N–H and O–H groups in total. The first-order chi connectivity index (χ1) is 13.3. The van der Waals surface area contributed by atoms with Gasteiger partial charge in [0.15, 0.2) is 5.65 Å². The predicted molar refractivity (Wildman–Crippen MR) is 110 cm³/mol. The summed E-state index contributed by atoms with van der Waals surface area (Å²) in [6.45, 7) is 14.0. The molecule has 7 heteroatoms. The summed E-state index contributed by atoms with van der Waals surface area (Å²) in [7, 11) is 0. The Morgan fingerprint density at radius 1 is 1.29 bits per heavy atom. The quantitative estimate of drug-likeness (QED) is 0.753. The van der Waals surface area contributed by atoms with Gasteiger partial charge in [0.05, 0.1) is 17.5 Å². The maximum atomic E-state index is 13.1. The largest absolute Gasteiger partial charge is 0.294 e. The molecule has 0 fully saturated rings. The Hall–Kier alpha value is -2.41. The first-order valence-corrected chi connectivity index (χ1v) is 10.2. The Bertz CT molecular complexity index is 1070. The Morgan fingerprint density at radius 3 is 2.79 bits per heavy atom. The van der Waals surface area contributed by atoms with Gasteiger partial charge in [-0.25, -0.2) is 9.50 Å². The lowest BCUT2D eigenvalue weighted by Gasteiger charge is -2.27. The van der Waals surface area contributed by atoms with E-state index in [-0.39, 0.29) is 11.0 Å². The third-order valence-electron chi connectivity index (χ3n) is 5.68. The summed E-state index contributed by atoms with van der Waals surface area (Å²) in [6.07, 6.45) is 3.85. The van der Waals surface area contributed by atoms with Gasteiger partial charge in [-0.2, -0.15) is 5.10 Å². The molecule has 4 heterocycles. The van der Waals surface area contributed by atoms with Crippen molar-refractivity contribution in [2.75, 3.05) is 6.54 Å². The van der Waals surface area contributed by atoms with Gasteiger partial charge in [0.25, 0.3) is 5.56 Å². The third kappa shape index (κ3) is 3.28. The normalized spacial score (nSPS) is 15.3. The van der Waals surface area contributed by atoms with Crippen LogP contribution < -0.4 is 5.56 Å². The molecule has 0 spiro atoms. The van der Waals surface area contributed by atoms with Crippen molar-refractivity contribution < 1.29 is 0 Å². The fraction of sp³-hybridized carbons (Fsp3) is 0.571. The van der Waals surface area contributed by atoms with Gasteiger partial charge in [0.2, 0.25) is 0 Å². The fourth-order valence-electron chi connectivity index (χ4n) is 3.87. The van der Waals surface area contributed by atoms with Crippen molar-refractivity contribution in [3.8, 4) is 0 Å². The molecule has 3 aromatic heterocycles. The zero-order chi connectivity index (χ0) is 20.1. The number of H-pyrrole nitrogens is 1. The van der Waals surface area contributed by atoms with Crippen LogP contribution in [0.5, 0.6) is 0 Å². The monoisotopic (exact) mass is 382 g/mol. The highest BCUT2D eigenvalue weighted by Crippen LogP contribution is 2.23. The fourth-order valence-corrected chi connectivity index (χ4v) is 3.87. The van der Waals surface area contributed by atoms with Gasteiger partial charge in [-0.05, 0) is 13.3 Å². The first-order valence-electron chi connectivity index (χ1n) is 10.2. The average Bonchev–Trinajstić information content (AvgIpc) is 3.22. The van der Waals surface area contributed by atoms with Crippen molar-refractivity contribution >= 4 is 5.65 Å². The van der Waals surface area contributed by atoms with Crippen LogP contribution in [0.15, 0.2) is 17.1 Å². The molecule has 7 nitrogen and oxygen atoms in total. The van der Waals surface area contributed by atoms with E-state index >= 15 is 0 Å². The minimum atomic E-state index is -0.0527. The van der Waals surface area contributed by atoms with E-state index < -0.39 is 0 Å². The molecule has 150 valence electrons. The van der Waals surface area contributed by atoms with E-state index in [4.69, 9.17) is 4.98 Å². The maximum Gasteiger partial charge on any atom is 0.277 e. The number of rotatable bonds is 4. The number of aromatic nitrogens is 5. The molecule has 1 aliphatic heterocycles. The maximum absolute atomic E-state index is 13.1. The Morgan fingerprint density at radius 2 is 2.07 bits per heavy atom. The molecule has 0 radical (unpaired) electrons. The van der Waals surface area contributed by atoms with Crippen LogP contribution >= 0.6 is 0 Å². The van der Waals surface area contributed by atoms with Crippen LogP contribution in [-0.2, 0) is 31.5 Å². The molecule has 0 saturated carbocycles. The Labute approximate surface area is 165 Å². The summed E-state index contributed by atoms with van der Waals surface area (Å²) >= 11 is 0. The van der Waals surface area contributed by atoms with E-state index in [1.165, 1.54) is 11.3 Å². The number of aryl methyl sites for hydroxylation is 1. The van der Waals surface area contributed by atoms with Crippen LogP contribution in [0, 0.1) is 6.92 Å². The second-order valence-corrected chi connectivity index (χ2v) is 8.89. The van der Waals surface area contributed by atoms with Gasteiger partial charge in [-0.1, -0.05) is 27.7 Å². The predicted octanol–water partition coefficient (Wildman–Crippen LogP) is 2.79. The summed E-state index contributed by atoms with van der Waals surface area (Å²) in [6, 6.07) is 2.00. The second kappa shape index (κ2) is 6.88. The number of nitrogens with one attached hydrogen (secondary N) is 1. The number of nitrogens with zero attached hydrogens (tertiary/aromatic N) is 5. The molecule has 3 aromatic rings. The lowest BCUT2D eigenvalue weighted by atomic mass is 9.93. The molecule has 0 atom stereocenters. The summed E-state index contributed by atoms with van der Waals surface area (Å²) in [5, 5.41) is 7.76. The highest BCUT2D eigenvalue weighted by atomic mass is 16.1.